The summed E-state index contributed by atoms with van der Waals surface area (Å²) in [4.78, 5) is 4.54. The first-order valence-corrected chi connectivity index (χ1v) is 4.72. The topological polar surface area (TPSA) is 45.2 Å². The summed E-state index contributed by atoms with van der Waals surface area (Å²) < 4.78 is 3.74. The molecule has 66 valence electrons. The van der Waals surface area contributed by atoms with Crippen molar-refractivity contribution in [2.45, 2.75) is 0 Å². The maximum atomic E-state index is 3.93. The van der Waals surface area contributed by atoms with Gasteiger partial charge in [-0.1, -0.05) is 9.59 Å². The van der Waals surface area contributed by atoms with E-state index in [1.165, 1.54) is 11.5 Å². The van der Waals surface area contributed by atoms with Crippen molar-refractivity contribution in [3.63, 3.8) is 0 Å². The van der Waals surface area contributed by atoms with E-state index in [9.17, 15) is 0 Å². The fourth-order valence-corrected chi connectivity index (χ4v) is 1.77. The molecule has 0 bridgehead atoms. The molecule has 5 nitrogen and oxygen atoms in total. The first-order chi connectivity index (χ1) is 5.86. The zero-order chi connectivity index (χ0) is 8.39. The lowest BCUT2D eigenvalue weighted by atomic mass is 10.3. The lowest BCUT2D eigenvalue weighted by Crippen LogP contribution is -2.44. The maximum Gasteiger partial charge on any atom is 0.227 e. The highest BCUT2D eigenvalue weighted by molar-refractivity contribution is 7.09. The van der Waals surface area contributed by atoms with Gasteiger partial charge in [0.05, 0.1) is 0 Å². The summed E-state index contributed by atoms with van der Waals surface area (Å²) in [7, 11) is 2.13. The predicted octanol–water partition coefficient (Wildman–Crippen LogP) is -0.315. The van der Waals surface area contributed by atoms with Crippen LogP contribution in [0.15, 0.2) is 0 Å². The van der Waals surface area contributed by atoms with Crippen LogP contribution >= 0.6 is 11.5 Å². The molecule has 0 spiro atoms. The van der Waals surface area contributed by atoms with E-state index in [4.69, 9.17) is 0 Å². The Morgan fingerprint density at radius 3 is 2.58 bits per heavy atom. The lowest BCUT2D eigenvalue weighted by Gasteiger charge is -2.31. The lowest BCUT2D eigenvalue weighted by molar-refractivity contribution is 0.312. The summed E-state index contributed by atoms with van der Waals surface area (Å²) in [5.74, 6) is 0. The van der Waals surface area contributed by atoms with Gasteiger partial charge in [0.25, 0.3) is 0 Å². The number of hydrogen-bond donors (Lipinski definition) is 0. The Morgan fingerprint density at radius 1 is 1.25 bits per heavy atom. The van der Waals surface area contributed by atoms with Crippen LogP contribution in [0.3, 0.4) is 0 Å². The molecule has 1 fully saturated rings. The first kappa shape index (κ1) is 7.88. The molecule has 0 unspecified atom stereocenters. The summed E-state index contributed by atoms with van der Waals surface area (Å²) >= 11 is 1.37. The molecule has 0 radical (unpaired) electrons. The highest BCUT2D eigenvalue weighted by atomic mass is 32.1. The third kappa shape index (κ3) is 1.54. The van der Waals surface area contributed by atoms with Crippen LogP contribution in [0.2, 0.25) is 0 Å². The van der Waals surface area contributed by atoms with Crippen LogP contribution in [0.4, 0.5) is 5.13 Å². The molecule has 12 heavy (non-hydrogen) atoms. The van der Waals surface area contributed by atoms with Crippen LogP contribution in [-0.2, 0) is 0 Å². The summed E-state index contributed by atoms with van der Waals surface area (Å²) in [6.45, 7) is 4.26. The minimum absolute atomic E-state index is 0.947. The molecule has 6 heteroatoms. The van der Waals surface area contributed by atoms with Gasteiger partial charge in [-0.2, -0.15) is 0 Å². The van der Waals surface area contributed by atoms with Gasteiger partial charge < -0.3 is 9.80 Å². The molecule has 0 N–H and O–H groups in total. The van der Waals surface area contributed by atoms with Crippen LogP contribution in [0.5, 0.6) is 0 Å². The molecule has 2 heterocycles. The zero-order valence-electron chi connectivity index (χ0n) is 6.97. The highest BCUT2D eigenvalue weighted by Crippen LogP contribution is 2.14. The van der Waals surface area contributed by atoms with Crippen molar-refractivity contribution in [2.24, 2.45) is 0 Å². The van der Waals surface area contributed by atoms with Gasteiger partial charge in [-0.25, -0.2) is 0 Å². The van der Waals surface area contributed by atoms with Gasteiger partial charge >= 0.3 is 0 Å². The molecule has 1 aliphatic heterocycles. The molecule has 1 aromatic heterocycles. The van der Waals surface area contributed by atoms with Gasteiger partial charge in [-0.3, -0.25) is 0 Å². The fraction of sp³-hybridized carbons (Fsp3) is 0.833. The average molecular weight is 185 g/mol. The Hall–Kier alpha value is -0.750. The van der Waals surface area contributed by atoms with Gasteiger partial charge in [0.2, 0.25) is 5.13 Å². The van der Waals surface area contributed by atoms with Gasteiger partial charge in [-0.15, -0.1) is 0 Å². The number of piperazine rings is 1. The van der Waals surface area contributed by atoms with Crippen LogP contribution < -0.4 is 4.90 Å². The van der Waals surface area contributed by atoms with Crippen LogP contribution in [0.25, 0.3) is 0 Å². The van der Waals surface area contributed by atoms with Crippen LogP contribution in [0, 0.1) is 0 Å². The van der Waals surface area contributed by atoms with E-state index in [1.807, 2.05) is 0 Å². The van der Waals surface area contributed by atoms with Crippen LogP contribution in [-0.4, -0.2) is 52.9 Å². The second kappa shape index (κ2) is 3.32. The molecule has 0 aromatic carbocycles. The SMILES string of the molecule is CN1CCN(c2nnns2)CC1. The van der Waals surface area contributed by atoms with E-state index >= 15 is 0 Å². The monoisotopic (exact) mass is 185 g/mol. The van der Waals surface area contributed by atoms with Crippen molar-refractivity contribution in [3.05, 3.63) is 0 Å². The Bertz CT molecular complexity index is 228. The molecule has 0 saturated carbocycles. The van der Waals surface area contributed by atoms with Crippen molar-refractivity contribution in [3.8, 4) is 0 Å². The number of aromatic nitrogens is 3. The summed E-state index contributed by atoms with van der Waals surface area (Å²) in [6.07, 6.45) is 0. The number of nitrogens with zero attached hydrogens (tertiary/aromatic N) is 5. The summed E-state index contributed by atoms with van der Waals surface area (Å²) in [5.41, 5.74) is 0. The van der Waals surface area contributed by atoms with Crippen LogP contribution in [0.1, 0.15) is 0 Å². The second-order valence-electron chi connectivity index (χ2n) is 2.94. The Balaban J connectivity index is 1.99. The van der Waals surface area contributed by atoms with E-state index < -0.39 is 0 Å². The largest absolute Gasteiger partial charge is 0.343 e. The molecular weight excluding hydrogens is 174 g/mol. The Morgan fingerprint density at radius 2 is 2.00 bits per heavy atom. The number of hydrogen-bond acceptors (Lipinski definition) is 6. The molecule has 0 amide bonds. The molecule has 1 aromatic rings. The second-order valence-corrected chi connectivity index (χ2v) is 3.65. The number of likely N-dealkylation sites (N-methyl/N-ethyl adjacent to an activating group) is 1. The third-order valence-electron chi connectivity index (χ3n) is 2.06. The van der Waals surface area contributed by atoms with E-state index in [1.54, 1.807) is 0 Å². The van der Waals surface area contributed by atoms with Gasteiger partial charge in [0.15, 0.2) is 0 Å². The van der Waals surface area contributed by atoms with Crippen molar-refractivity contribution in [1.82, 2.24) is 19.7 Å². The minimum Gasteiger partial charge on any atom is -0.343 e. The highest BCUT2D eigenvalue weighted by Gasteiger charge is 2.16. The standard InChI is InChI=1S/C6H11N5S/c1-10-2-4-11(5-3-10)6-7-8-9-12-6/h2-5H2,1H3. The smallest absolute Gasteiger partial charge is 0.227 e. The van der Waals surface area contributed by atoms with Crippen molar-refractivity contribution in [1.29, 1.82) is 0 Å². The number of anilines is 1. The van der Waals surface area contributed by atoms with Crippen molar-refractivity contribution >= 4 is 16.7 Å². The maximum absolute atomic E-state index is 3.93. The van der Waals surface area contributed by atoms with Crippen molar-refractivity contribution < 1.29 is 0 Å². The first-order valence-electron chi connectivity index (χ1n) is 3.95. The Kier molecular flexibility index (Phi) is 2.18. The van der Waals surface area contributed by atoms with E-state index in [2.05, 4.69) is 31.6 Å². The Labute approximate surface area is 75.1 Å². The zero-order valence-corrected chi connectivity index (χ0v) is 7.79. The molecular formula is C6H11N5S. The van der Waals surface area contributed by atoms with Crippen molar-refractivity contribution in [2.75, 3.05) is 38.1 Å². The van der Waals surface area contributed by atoms with Gasteiger partial charge in [-0.05, 0) is 12.3 Å². The van der Waals surface area contributed by atoms with E-state index in [0.717, 1.165) is 31.3 Å². The number of rotatable bonds is 1. The normalized spacial score (nSPS) is 19.9. The molecule has 1 saturated heterocycles. The van der Waals surface area contributed by atoms with Gasteiger partial charge in [0, 0.05) is 37.7 Å². The van der Waals surface area contributed by atoms with E-state index in [-0.39, 0.29) is 0 Å². The quantitative estimate of drug-likeness (QED) is 0.600. The minimum atomic E-state index is 0.947. The molecule has 1 aliphatic rings. The predicted molar refractivity (Wildman–Crippen MR) is 47.4 cm³/mol. The molecule has 0 aliphatic carbocycles. The molecule has 0 atom stereocenters. The molecule has 2 rings (SSSR count). The van der Waals surface area contributed by atoms with E-state index in [0.29, 0.717) is 0 Å². The third-order valence-corrected chi connectivity index (χ3v) is 2.72. The van der Waals surface area contributed by atoms with Gasteiger partial charge in [0.1, 0.15) is 0 Å². The summed E-state index contributed by atoms with van der Waals surface area (Å²) in [5, 5.41) is 8.46. The fourth-order valence-electron chi connectivity index (χ4n) is 1.25. The average Bonchev–Trinajstić information content (AvgIpc) is 2.58. The summed E-state index contributed by atoms with van der Waals surface area (Å²) in [6, 6.07) is 0.